The van der Waals surface area contributed by atoms with Crippen LogP contribution in [0.2, 0.25) is 0 Å². The number of hydrogen-bond donors (Lipinski definition) is 0. The maximum Gasteiger partial charge on any atom is 0.451 e. The fourth-order valence-corrected chi connectivity index (χ4v) is 0.944. The number of nitrogens with zero attached hydrogens (tertiary/aromatic N) is 2. The van der Waals surface area contributed by atoms with Gasteiger partial charge in [0.05, 0.1) is 4.47 Å². The molecule has 0 aliphatic rings. The predicted molar refractivity (Wildman–Crippen MR) is 42.4 cm³/mol. The molecule has 0 fully saturated rings. The minimum atomic E-state index is -4.50. The molecule has 0 amide bonds. The third-order valence-corrected chi connectivity index (χ3v) is 2.67. The third-order valence-electron chi connectivity index (χ3n) is 0.955. The first-order valence-corrected chi connectivity index (χ1v) is 4.25. The first kappa shape index (κ1) is 9.91. The molecule has 0 aliphatic carbocycles. The lowest BCUT2D eigenvalue weighted by molar-refractivity contribution is -0.145. The fourth-order valence-electron chi connectivity index (χ4n) is 0.483. The zero-order chi connectivity index (χ0) is 9.35. The summed E-state index contributed by atoms with van der Waals surface area (Å²) >= 11 is 5.80. The molecule has 1 rings (SSSR count). The highest BCUT2D eigenvalue weighted by Gasteiger charge is 2.34. The van der Waals surface area contributed by atoms with Crippen LogP contribution in [0.5, 0.6) is 0 Å². The monoisotopic (exact) mass is 304 g/mol. The Morgan fingerprint density at radius 3 is 2.25 bits per heavy atom. The van der Waals surface area contributed by atoms with Gasteiger partial charge in [-0.1, -0.05) is 0 Å². The van der Waals surface area contributed by atoms with Crippen LogP contribution in [0.4, 0.5) is 13.2 Å². The van der Waals surface area contributed by atoms with E-state index in [1.165, 1.54) is 0 Å². The molecule has 12 heavy (non-hydrogen) atoms. The summed E-state index contributed by atoms with van der Waals surface area (Å²) in [6.07, 6.45) is -3.46. The van der Waals surface area contributed by atoms with E-state index in [0.717, 1.165) is 6.20 Å². The average molecular weight is 306 g/mol. The molecule has 0 radical (unpaired) electrons. The molecule has 0 atom stereocenters. The van der Waals surface area contributed by atoms with Crippen molar-refractivity contribution in [3.63, 3.8) is 0 Å². The van der Waals surface area contributed by atoms with Gasteiger partial charge in [-0.05, 0) is 31.9 Å². The second-order valence-corrected chi connectivity index (χ2v) is 3.44. The van der Waals surface area contributed by atoms with Gasteiger partial charge >= 0.3 is 6.18 Å². The van der Waals surface area contributed by atoms with E-state index in [0.29, 0.717) is 4.47 Å². The van der Waals surface area contributed by atoms with Crippen molar-refractivity contribution in [1.82, 2.24) is 9.97 Å². The molecule has 1 aromatic heterocycles. The SMILES string of the molecule is FC(F)(F)c1ncc(Br)c(Br)n1. The van der Waals surface area contributed by atoms with Crippen LogP contribution in [0.15, 0.2) is 15.3 Å². The van der Waals surface area contributed by atoms with E-state index in [-0.39, 0.29) is 4.60 Å². The van der Waals surface area contributed by atoms with E-state index in [2.05, 4.69) is 41.8 Å². The van der Waals surface area contributed by atoms with Crippen molar-refractivity contribution in [1.29, 1.82) is 0 Å². The maximum atomic E-state index is 11.9. The molecule has 0 saturated heterocycles. The lowest BCUT2D eigenvalue weighted by Gasteiger charge is -2.04. The summed E-state index contributed by atoms with van der Waals surface area (Å²) in [4.78, 5) is 6.28. The van der Waals surface area contributed by atoms with Gasteiger partial charge in [-0.25, -0.2) is 9.97 Å². The zero-order valence-corrected chi connectivity index (χ0v) is 8.53. The van der Waals surface area contributed by atoms with Crippen molar-refractivity contribution in [2.45, 2.75) is 6.18 Å². The number of hydrogen-bond acceptors (Lipinski definition) is 2. The summed E-state index contributed by atoms with van der Waals surface area (Å²) in [5.41, 5.74) is 0. The second-order valence-electron chi connectivity index (χ2n) is 1.83. The van der Waals surface area contributed by atoms with Gasteiger partial charge in [-0.15, -0.1) is 0 Å². The molecule has 0 aliphatic heterocycles. The molecule has 2 nitrogen and oxygen atoms in total. The summed E-state index contributed by atoms with van der Waals surface area (Å²) < 4.78 is 36.3. The van der Waals surface area contributed by atoms with Gasteiger partial charge in [0, 0.05) is 6.20 Å². The van der Waals surface area contributed by atoms with Gasteiger partial charge in [0.1, 0.15) is 4.60 Å². The van der Waals surface area contributed by atoms with Crippen molar-refractivity contribution >= 4 is 31.9 Å². The minimum Gasteiger partial charge on any atom is -0.232 e. The number of rotatable bonds is 0. The Balaban J connectivity index is 3.14. The Kier molecular flexibility index (Phi) is 2.72. The van der Waals surface area contributed by atoms with Gasteiger partial charge in [0.25, 0.3) is 0 Å². The normalized spacial score (nSPS) is 11.8. The van der Waals surface area contributed by atoms with Gasteiger partial charge in [0.15, 0.2) is 0 Å². The van der Waals surface area contributed by atoms with Crippen LogP contribution in [0.1, 0.15) is 5.82 Å². The molecule has 7 heteroatoms. The smallest absolute Gasteiger partial charge is 0.232 e. The summed E-state index contributed by atoms with van der Waals surface area (Å²) in [5, 5.41) is 0. The van der Waals surface area contributed by atoms with E-state index in [1.54, 1.807) is 0 Å². The average Bonchev–Trinajstić information content (AvgIpc) is 1.92. The standard InChI is InChI=1S/C5HBr2F3N2/c6-2-1-11-4(5(8,9)10)12-3(2)7/h1H. The predicted octanol–water partition coefficient (Wildman–Crippen LogP) is 3.02. The number of alkyl halides is 3. The Hall–Kier alpha value is -0.170. The minimum absolute atomic E-state index is 0.0878. The van der Waals surface area contributed by atoms with Crippen molar-refractivity contribution in [3.8, 4) is 0 Å². The molecular weight excluding hydrogens is 305 g/mol. The first-order valence-electron chi connectivity index (χ1n) is 2.66. The maximum absolute atomic E-state index is 11.9. The molecule has 0 unspecified atom stereocenters. The Morgan fingerprint density at radius 1 is 1.25 bits per heavy atom. The van der Waals surface area contributed by atoms with E-state index < -0.39 is 12.0 Å². The van der Waals surface area contributed by atoms with Gasteiger partial charge in [-0.3, -0.25) is 0 Å². The summed E-state index contributed by atoms with van der Waals surface area (Å²) in [5.74, 6) is -1.16. The van der Waals surface area contributed by atoms with E-state index >= 15 is 0 Å². The Bertz CT molecular complexity index is 299. The molecule has 0 aromatic carbocycles. The number of halogens is 5. The largest absolute Gasteiger partial charge is 0.451 e. The van der Waals surface area contributed by atoms with Crippen LogP contribution in [0.3, 0.4) is 0 Å². The molecule has 0 bridgehead atoms. The highest BCUT2D eigenvalue weighted by atomic mass is 79.9. The Morgan fingerprint density at radius 2 is 1.83 bits per heavy atom. The molecule has 0 N–H and O–H groups in total. The van der Waals surface area contributed by atoms with Crippen LogP contribution in [-0.4, -0.2) is 9.97 Å². The highest BCUT2D eigenvalue weighted by molar-refractivity contribution is 9.13. The van der Waals surface area contributed by atoms with Crippen LogP contribution in [0, 0.1) is 0 Å². The first-order chi connectivity index (χ1) is 5.41. The molecule has 66 valence electrons. The van der Waals surface area contributed by atoms with Crippen LogP contribution in [0.25, 0.3) is 0 Å². The van der Waals surface area contributed by atoms with E-state index in [4.69, 9.17) is 0 Å². The zero-order valence-electron chi connectivity index (χ0n) is 5.36. The second kappa shape index (κ2) is 3.29. The van der Waals surface area contributed by atoms with Crippen molar-refractivity contribution in [2.75, 3.05) is 0 Å². The van der Waals surface area contributed by atoms with Gasteiger partial charge in [-0.2, -0.15) is 13.2 Å². The van der Waals surface area contributed by atoms with Crippen molar-refractivity contribution in [2.24, 2.45) is 0 Å². The summed E-state index contributed by atoms with van der Waals surface area (Å²) in [6.45, 7) is 0. The Labute approximate surface area is 82.5 Å². The summed E-state index contributed by atoms with van der Waals surface area (Å²) in [7, 11) is 0. The molecule has 1 heterocycles. The van der Waals surface area contributed by atoms with Gasteiger partial charge < -0.3 is 0 Å². The van der Waals surface area contributed by atoms with Crippen LogP contribution in [-0.2, 0) is 6.18 Å². The molecule has 0 saturated carbocycles. The summed E-state index contributed by atoms with van der Waals surface area (Å²) in [6, 6.07) is 0. The fraction of sp³-hybridized carbons (Fsp3) is 0.200. The van der Waals surface area contributed by atoms with Gasteiger partial charge in [0.2, 0.25) is 5.82 Å². The third kappa shape index (κ3) is 2.16. The number of aromatic nitrogens is 2. The quantitative estimate of drug-likeness (QED) is 0.689. The van der Waals surface area contributed by atoms with E-state index in [9.17, 15) is 13.2 Å². The highest BCUT2D eigenvalue weighted by Crippen LogP contribution is 2.28. The van der Waals surface area contributed by atoms with Crippen LogP contribution < -0.4 is 0 Å². The molecular formula is C5HBr2F3N2. The topological polar surface area (TPSA) is 25.8 Å². The van der Waals surface area contributed by atoms with Crippen LogP contribution >= 0.6 is 31.9 Å². The van der Waals surface area contributed by atoms with Crippen molar-refractivity contribution in [3.05, 3.63) is 21.1 Å². The van der Waals surface area contributed by atoms with Crippen molar-refractivity contribution < 1.29 is 13.2 Å². The lowest BCUT2D eigenvalue weighted by atomic mass is 10.5. The molecule has 1 aromatic rings. The molecule has 0 spiro atoms. The lowest BCUT2D eigenvalue weighted by Crippen LogP contribution is -2.10. The van der Waals surface area contributed by atoms with E-state index in [1.807, 2.05) is 0 Å².